The van der Waals surface area contributed by atoms with E-state index in [4.69, 9.17) is 19.9 Å². The van der Waals surface area contributed by atoms with Crippen molar-refractivity contribution < 1.29 is 0 Å². The van der Waals surface area contributed by atoms with E-state index in [1.54, 1.807) is 0 Å². The fourth-order valence-electron chi connectivity index (χ4n) is 6.64. The Kier molecular flexibility index (Phi) is 8.16. The molecule has 2 aromatic heterocycles. The minimum Gasteiger partial charge on any atom is -0.248 e. The number of benzene rings is 7. The number of fused-ring (bicyclic) bond motifs is 1. The maximum atomic E-state index is 5.06. The first kappa shape index (κ1) is 31.0. The minimum absolute atomic E-state index is 0.645. The second-order valence-corrected chi connectivity index (χ2v) is 12.7. The van der Waals surface area contributed by atoms with Gasteiger partial charge in [0.05, 0.1) is 11.4 Å². The van der Waals surface area contributed by atoms with Crippen molar-refractivity contribution >= 4 is 10.8 Å². The molecule has 0 atom stereocenters. The summed E-state index contributed by atoms with van der Waals surface area (Å²) in [5.74, 6) is 1.94. The Morgan fingerprint density at radius 2 is 0.692 bits per heavy atom. The Morgan fingerprint density at radius 1 is 0.250 bits per heavy atom. The molecule has 0 unspecified atom stereocenters. The standard InChI is InChI=1S/C48H32N4/c1-5-14-36(15-6-1)44-31-41(32-45(49-44)37-16-7-2-8-17-37)34-26-24-33(25-27-34)40-29-28-35-22-13-23-42(43(35)30-40)48-51-46(38-18-9-3-10-19-38)50-47(52-48)39-20-11-4-12-21-39/h1-32H. The lowest BCUT2D eigenvalue weighted by Crippen LogP contribution is -2.00. The van der Waals surface area contributed by atoms with Gasteiger partial charge in [-0.2, -0.15) is 0 Å². The van der Waals surface area contributed by atoms with E-state index in [9.17, 15) is 0 Å². The number of rotatable bonds is 7. The number of hydrogen-bond donors (Lipinski definition) is 0. The van der Waals surface area contributed by atoms with Gasteiger partial charge in [0, 0.05) is 27.8 Å². The zero-order chi connectivity index (χ0) is 34.7. The Bertz CT molecular complexity index is 2530. The van der Waals surface area contributed by atoms with Gasteiger partial charge in [0.15, 0.2) is 17.5 Å². The third-order valence-electron chi connectivity index (χ3n) is 9.34. The van der Waals surface area contributed by atoms with Crippen molar-refractivity contribution in [2.45, 2.75) is 0 Å². The molecule has 0 saturated carbocycles. The lowest BCUT2D eigenvalue weighted by atomic mass is 9.95. The van der Waals surface area contributed by atoms with Gasteiger partial charge in [-0.3, -0.25) is 0 Å². The van der Waals surface area contributed by atoms with Crippen LogP contribution in [0.5, 0.6) is 0 Å². The van der Waals surface area contributed by atoms with Crippen LogP contribution >= 0.6 is 0 Å². The van der Waals surface area contributed by atoms with Crippen LogP contribution in [0.3, 0.4) is 0 Å². The van der Waals surface area contributed by atoms with Crippen LogP contribution in [-0.2, 0) is 0 Å². The summed E-state index contributed by atoms with van der Waals surface area (Å²) >= 11 is 0. The van der Waals surface area contributed by atoms with Crippen LogP contribution in [0.1, 0.15) is 0 Å². The number of hydrogen-bond acceptors (Lipinski definition) is 4. The number of nitrogens with zero attached hydrogens (tertiary/aromatic N) is 4. The minimum atomic E-state index is 0.645. The monoisotopic (exact) mass is 664 g/mol. The Hall–Kier alpha value is -7.04. The molecular formula is C48H32N4. The molecule has 4 nitrogen and oxygen atoms in total. The fraction of sp³-hybridized carbons (Fsp3) is 0. The highest BCUT2D eigenvalue weighted by molar-refractivity contribution is 5.98. The van der Waals surface area contributed by atoms with Crippen molar-refractivity contribution in [2.24, 2.45) is 0 Å². The molecule has 0 amide bonds. The third-order valence-corrected chi connectivity index (χ3v) is 9.34. The summed E-state index contributed by atoms with van der Waals surface area (Å²) < 4.78 is 0. The van der Waals surface area contributed by atoms with Gasteiger partial charge in [0.25, 0.3) is 0 Å². The molecule has 9 rings (SSSR count). The molecular weight excluding hydrogens is 633 g/mol. The van der Waals surface area contributed by atoms with Crippen molar-refractivity contribution in [2.75, 3.05) is 0 Å². The predicted molar refractivity (Wildman–Crippen MR) is 213 cm³/mol. The summed E-state index contributed by atoms with van der Waals surface area (Å²) in [7, 11) is 0. The van der Waals surface area contributed by atoms with Crippen LogP contribution in [-0.4, -0.2) is 19.9 Å². The molecule has 0 radical (unpaired) electrons. The Balaban J connectivity index is 1.11. The van der Waals surface area contributed by atoms with Crippen molar-refractivity contribution in [3.63, 3.8) is 0 Å². The van der Waals surface area contributed by atoms with E-state index in [2.05, 4.69) is 121 Å². The first-order valence-corrected chi connectivity index (χ1v) is 17.4. The molecule has 0 aliphatic rings. The molecule has 2 heterocycles. The Morgan fingerprint density at radius 3 is 1.21 bits per heavy atom. The van der Waals surface area contributed by atoms with Crippen LogP contribution in [0.4, 0.5) is 0 Å². The number of aromatic nitrogens is 4. The summed E-state index contributed by atoms with van der Waals surface area (Å²) in [4.78, 5) is 20.0. The van der Waals surface area contributed by atoms with Gasteiger partial charge in [-0.25, -0.2) is 19.9 Å². The molecule has 9 aromatic rings. The zero-order valence-corrected chi connectivity index (χ0v) is 28.3. The summed E-state index contributed by atoms with van der Waals surface area (Å²) in [5, 5.41) is 2.21. The highest BCUT2D eigenvalue weighted by Gasteiger charge is 2.15. The van der Waals surface area contributed by atoms with Gasteiger partial charge in [-0.05, 0) is 51.2 Å². The normalized spacial score (nSPS) is 11.1. The van der Waals surface area contributed by atoms with Crippen LogP contribution in [0.25, 0.3) is 89.7 Å². The summed E-state index contributed by atoms with van der Waals surface area (Å²) in [6, 6.07) is 67.0. The smallest absolute Gasteiger partial charge is 0.164 e. The fourth-order valence-corrected chi connectivity index (χ4v) is 6.64. The maximum Gasteiger partial charge on any atom is 0.164 e. The van der Waals surface area contributed by atoms with Gasteiger partial charge < -0.3 is 0 Å². The van der Waals surface area contributed by atoms with Gasteiger partial charge in [0.1, 0.15) is 0 Å². The van der Waals surface area contributed by atoms with Crippen LogP contribution in [0.15, 0.2) is 194 Å². The molecule has 244 valence electrons. The van der Waals surface area contributed by atoms with Gasteiger partial charge in [0.2, 0.25) is 0 Å². The molecule has 0 spiro atoms. The Labute approximate surface area is 302 Å². The second kappa shape index (κ2) is 13.7. The van der Waals surface area contributed by atoms with E-state index < -0.39 is 0 Å². The van der Waals surface area contributed by atoms with Crippen molar-refractivity contribution in [1.82, 2.24) is 19.9 Å². The zero-order valence-electron chi connectivity index (χ0n) is 28.3. The van der Waals surface area contributed by atoms with E-state index in [0.717, 1.165) is 72.2 Å². The summed E-state index contributed by atoms with van der Waals surface area (Å²) in [5.41, 5.74) is 11.5. The largest absolute Gasteiger partial charge is 0.248 e. The lowest BCUT2D eigenvalue weighted by molar-refractivity contribution is 1.08. The third kappa shape index (κ3) is 6.26. The van der Waals surface area contributed by atoms with Crippen molar-refractivity contribution in [3.8, 4) is 78.9 Å². The van der Waals surface area contributed by atoms with E-state index in [1.165, 1.54) is 0 Å². The molecule has 7 aromatic carbocycles. The van der Waals surface area contributed by atoms with E-state index in [-0.39, 0.29) is 0 Å². The van der Waals surface area contributed by atoms with E-state index in [1.807, 2.05) is 72.8 Å². The highest BCUT2D eigenvalue weighted by Crippen LogP contribution is 2.35. The van der Waals surface area contributed by atoms with Crippen LogP contribution < -0.4 is 0 Å². The molecule has 52 heavy (non-hydrogen) atoms. The predicted octanol–water partition coefficient (Wildman–Crippen LogP) is 12.1. The van der Waals surface area contributed by atoms with Crippen molar-refractivity contribution in [1.29, 1.82) is 0 Å². The molecule has 0 bridgehead atoms. The van der Waals surface area contributed by atoms with Crippen molar-refractivity contribution in [3.05, 3.63) is 194 Å². The molecule has 0 N–H and O–H groups in total. The SMILES string of the molecule is c1ccc(-c2cc(-c3ccc(-c4ccc5cccc(-c6nc(-c7ccccc7)nc(-c7ccccc7)n6)c5c4)cc3)cc(-c3ccccc3)n2)cc1. The first-order valence-electron chi connectivity index (χ1n) is 17.4. The second-order valence-electron chi connectivity index (χ2n) is 12.7. The summed E-state index contributed by atoms with van der Waals surface area (Å²) in [6.07, 6.45) is 0. The molecule has 0 saturated heterocycles. The van der Waals surface area contributed by atoms with Gasteiger partial charge >= 0.3 is 0 Å². The van der Waals surface area contributed by atoms with Crippen LogP contribution in [0, 0.1) is 0 Å². The van der Waals surface area contributed by atoms with Gasteiger partial charge in [-0.15, -0.1) is 0 Å². The van der Waals surface area contributed by atoms with E-state index in [0.29, 0.717) is 17.5 Å². The molecule has 0 fully saturated rings. The maximum absolute atomic E-state index is 5.06. The highest BCUT2D eigenvalue weighted by atomic mass is 15.0. The molecule has 0 aliphatic carbocycles. The average molecular weight is 665 g/mol. The first-order chi connectivity index (χ1) is 25.7. The molecule has 0 aliphatic heterocycles. The average Bonchev–Trinajstić information content (AvgIpc) is 3.24. The van der Waals surface area contributed by atoms with E-state index >= 15 is 0 Å². The topological polar surface area (TPSA) is 51.6 Å². The van der Waals surface area contributed by atoms with Crippen LogP contribution in [0.2, 0.25) is 0 Å². The quantitative estimate of drug-likeness (QED) is 0.170. The number of pyridine rings is 1. The summed E-state index contributed by atoms with van der Waals surface area (Å²) in [6.45, 7) is 0. The molecule has 4 heteroatoms. The van der Waals surface area contributed by atoms with Gasteiger partial charge in [-0.1, -0.05) is 176 Å². The lowest BCUT2D eigenvalue weighted by Gasteiger charge is -2.12.